The molecule has 1 N–H and O–H groups in total. The maximum Gasteiger partial charge on any atom is 0.408 e. The van der Waals surface area contributed by atoms with Crippen LogP contribution in [-0.4, -0.2) is 29.7 Å². The molecule has 0 heterocycles. The lowest BCUT2D eigenvalue weighted by Gasteiger charge is -2.30. The molecule has 24 heavy (non-hydrogen) atoms. The summed E-state index contributed by atoms with van der Waals surface area (Å²) in [6.45, 7) is 6.48. The number of nitro benzene ring substituents is 1. The van der Waals surface area contributed by atoms with Crippen LogP contribution in [0.1, 0.15) is 33.3 Å². The van der Waals surface area contributed by atoms with Crippen molar-refractivity contribution in [3.8, 4) is 0 Å². The van der Waals surface area contributed by atoms with Crippen LogP contribution >= 0.6 is 15.9 Å². The molecule has 1 atom stereocenters. The van der Waals surface area contributed by atoms with Crippen LogP contribution in [0.4, 0.5) is 10.5 Å². The first-order valence-corrected chi connectivity index (χ1v) is 7.74. The summed E-state index contributed by atoms with van der Waals surface area (Å²) in [5, 5.41) is 13.3. The quantitative estimate of drug-likeness (QED) is 0.470. The van der Waals surface area contributed by atoms with Crippen molar-refractivity contribution in [2.75, 3.05) is 7.11 Å². The van der Waals surface area contributed by atoms with Crippen molar-refractivity contribution in [3.63, 3.8) is 0 Å². The van der Waals surface area contributed by atoms with E-state index in [4.69, 9.17) is 9.47 Å². The van der Waals surface area contributed by atoms with Crippen LogP contribution in [0, 0.1) is 10.1 Å². The highest BCUT2D eigenvalue weighted by Crippen LogP contribution is 2.32. The van der Waals surface area contributed by atoms with Gasteiger partial charge in [-0.05, 0) is 33.8 Å². The largest absolute Gasteiger partial charge is 0.467 e. The number of nitrogens with zero attached hydrogens (tertiary/aromatic N) is 1. The van der Waals surface area contributed by atoms with E-state index in [9.17, 15) is 19.7 Å². The van der Waals surface area contributed by atoms with Gasteiger partial charge in [-0.15, -0.1) is 0 Å². The number of nitro groups is 1. The second kappa shape index (κ2) is 7.16. The molecule has 0 spiro atoms. The van der Waals surface area contributed by atoms with Crippen LogP contribution < -0.4 is 5.32 Å². The Balaban J connectivity index is 3.29. The van der Waals surface area contributed by atoms with E-state index in [2.05, 4.69) is 21.2 Å². The summed E-state index contributed by atoms with van der Waals surface area (Å²) in [5.74, 6) is -0.747. The molecule has 8 nitrogen and oxygen atoms in total. The van der Waals surface area contributed by atoms with Gasteiger partial charge in [0.1, 0.15) is 5.60 Å². The first kappa shape index (κ1) is 19.9. The minimum Gasteiger partial charge on any atom is -0.467 e. The summed E-state index contributed by atoms with van der Waals surface area (Å²) in [6, 6.07) is 3.85. The van der Waals surface area contributed by atoms with Crippen LogP contribution in [-0.2, 0) is 19.8 Å². The van der Waals surface area contributed by atoms with Gasteiger partial charge >= 0.3 is 12.1 Å². The summed E-state index contributed by atoms with van der Waals surface area (Å²) in [7, 11) is 1.18. The Bertz CT molecular complexity index is 670. The van der Waals surface area contributed by atoms with Gasteiger partial charge in [-0.2, -0.15) is 0 Å². The number of hydrogen-bond donors (Lipinski definition) is 1. The summed E-state index contributed by atoms with van der Waals surface area (Å²) < 4.78 is 10.2. The Kier molecular flexibility index (Phi) is 5.94. The fourth-order valence-electron chi connectivity index (χ4n) is 1.96. The normalized spacial score (nSPS) is 13.6. The molecule has 0 fully saturated rings. The summed E-state index contributed by atoms with van der Waals surface area (Å²) in [6.07, 6.45) is -0.819. The lowest BCUT2D eigenvalue weighted by atomic mass is 9.92. The Morgan fingerprint density at radius 3 is 2.25 bits per heavy atom. The van der Waals surface area contributed by atoms with E-state index >= 15 is 0 Å². The molecule has 0 saturated heterocycles. The zero-order chi connectivity index (χ0) is 18.7. The van der Waals surface area contributed by atoms with E-state index in [1.165, 1.54) is 32.2 Å². The number of rotatable bonds is 4. The number of non-ortho nitro benzene ring substituents is 1. The number of hydrogen-bond acceptors (Lipinski definition) is 6. The Morgan fingerprint density at radius 2 is 1.83 bits per heavy atom. The van der Waals surface area contributed by atoms with Crippen molar-refractivity contribution in [2.24, 2.45) is 0 Å². The van der Waals surface area contributed by atoms with E-state index in [-0.39, 0.29) is 10.2 Å². The number of carbonyl (C=O) groups is 2. The van der Waals surface area contributed by atoms with Crippen molar-refractivity contribution >= 4 is 33.7 Å². The molecule has 1 unspecified atom stereocenters. The topological polar surface area (TPSA) is 108 Å². The van der Waals surface area contributed by atoms with Crippen LogP contribution in [0.5, 0.6) is 0 Å². The highest BCUT2D eigenvalue weighted by atomic mass is 79.9. The second-order valence-electron chi connectivity index (χ2n) is 6.16. The zero-order valence-electron chi connectivity index (χ0n) is 14.0. The van der Waals surface area contributed by atoms with Crippen molar-refractivity contribution in [3.05, 3.63) is 38.3 Å². The van der Waals surface area contributed by atoms with Crippen LogP contribution in [0.25, 0.3) is 0 Å². The van der Waals surface area contributed by atoms with Gasteiger partial charge in [-0.3, -0.25) is 10.1 Å². The highest BCUT2D eigenvalue weighted by molar-refractivity contribution is 9.10. The number of amides is 1. The van der Waals surface area contributed by atoms with E-state index in [0.717, 1.165) is 0 Å². The van der Waals surface area contributed by atoms with Gasteiger partial charge in [0.15, 0.2) is 5.54 Å². The lowest BCUT2D eigenvalue weighted by molar-refractivity contribution is -0.385. The van der Waals surface area contributed by atoms with Gasteiger partial charge in [0, 0.05) is 22.2 Å². The Labute approximate surface area is 147 Å². The molecule has 0 aliphatic carbocycles. The molecular formula is C15H19BrN2O6. The molecule has 1 aromatic rings. The second-order valence-corrected chi connectivity index (χ2v) is 7.02. The van der Waals surface area contributed by atoms with E-state index in [0.29, 0.717) is 5.56 Å². The standard InChI is InChI=1S/C15H19BrN2O6/c1-14(2,3)24-13(20)17-15(4,12(19)23-5)10-7-6-9(18(21)22)8-11(10)16/h6-8H,1-5H3,(H,17,20). The van der Waals surface area contributed by atoms with Crippen LogP contribution in [0.15, 0.2) is 22.7 Å². The number of esters is 1. The molecule has 0 saturated carbocycles. The molecule has 0 aliphatic rings. The molecule has 9 heteroatoms. The van der Waals surface area contributed by atoms with Crippen LogP contribution in [0.2, 0.25) is 0 Å². The molecule has 0 aliphatic heterocycles. The first-order chi connectivity index (χ1) is 10.9. The predicted octanol–water partition coefficient (Wildman–Crippen LogP) is 3.27. The number of carbonyl (C=O) groups excluding carboxylic acids is 2. The summed E-state index contributed by atoms with van der Waals surface area (Å²) in [5.41, 5.74) is -2.21. The monoisotopic (exact) mass is 402 g/mol. The third-order valence-electron chi connectivity index (χ3n) is 3.05. The van der Waals surface area contributed by atoms with Crippen molar-refractivity contribution in [1.29, 1.82) is 0 Å². The van der Waals surface area contributed by atoms with Gasteiger partial charge in [0.2, 0.25) is 0 Å². The Morgan fingerprint density at radius 1 is 1.25 bits per heavy atom. The summed E-state index contributed by atoms with van der Waals surface area (Å²) in [4.78, 5) is 34.6. The Hall–Kier alpha value is -2.16. The molecule has 0 radical (unpaired) electrons. The van der Waals surface area contributed by atoms with Gasteiger partial charge in [-0.1, -0.05) is 15.9 Å². The maximum absolute atomic E-state index is 12.3. The minimum absolute atomic E-state index is 0.157. The van der Waals surface area contributed by atoms with E-state index < -0.39 is 28.1 Å². The SMILES string of the molecule is COC(=O)C(C)(NC(=O)OC(C)(C)C)c1ccc([N+](=O)[O-])cc1Br. The van der Waals surface area contributed by atoms with Gasteiger partial charge in [-0.25, -0.2) is 9.59 Å². The molecule has 0 bridgehead atoms. The maximum atomic E-state index is 12.3. The number of benzene rings is 1. The minimum atomic E-state index is -1.59. The first-order valence-electron chi connectivity index (χ1n) is 6.94. The van der Waals surface area contributed by atoms with Crippen molar-refractivity contribution in [1.82, 2.24) is 5.32 Å². The number of ether oxygens (including phenoxy) is 2. The van der Waals surface area contributed by atoms with Crippen molar-refractivity contribution < 1.29 is 24.0 Å². The highest BCUT2D eigenvalue weighted by Gasteiger charge is 2.41. The number of nitrogens with one attached hydrogen (secondary N) is 1. The third-order valence-corrected chi connectivity index (χ3v) is 3.70. The van der Waals surface area contributed by atoms with Gasteiger partial charge in [0.05, 0.1) is 12.0 Å². The molecule has 1 aromatic carbocycles. The van der Waals surface area contributed by atoms with Gasteiger partial charge in [0.25, 0.3) is 5.69 Å². The van der Waals surface area contributed by atoms with Crippen LogP contribution in [0.3, 0.4) is 0 Å². The molecule has 0 aromatic heterocycles. The third kappa shape index (κ3) is 4.67. The molecule has 132 valence electrons. The average Bonchev–Trinajstić information content (AvgIpc) is 2.43. The number of halogens is 1. The molecule has 1 rings (SSSR count). The summed E-state index contributed by atoms with van der Waals surface area (Å²) >= 11 is 3.20. The number of alkyl carbamates (subject to hydrolysis) is 1. The molecule has 1 amide bonds. The lowest BCUT2D eigenvalue weighted by Crippen LogP contribution is -2.51. The number of methoxy groups -OCH3 is 1. The average molecular weight is 403 g/mol. The predicted molar refractivity (Wildman–Crippen MR) is 89.5 cm³/mol. The fraction of sp³-hybridized carbons (Fsp3) is 0.467. The van der Waals surface area contributed by atoms with Crippen molar-refractivity contribution in [2.45, 2.75) is 38.8 Å². The van der Waals surface area contributed by atoms with E-state index in [1.54, 1.807) is 20.8 Å². The zero-order valence-corrected chi connectivity index (χ0v) is 15.6. The van der Waals surface area contributed by atoms with E-state index in [1.807, 2.05) is 0 Å². The smallest absolute Gasteiger partial charge is 0.408 e. The fourth-order valence-corrected chi connectivity index (χ4v) is 2.73. The molecular weight excluding hydrogens is 384 g/mol. The van der Waals surface area contributed by atoms with Gasteiger partial charge < -0.3 is 14.8 Å².